The summed E-state index contributed by atoms with van der Waals surface area (Å²) in [6.45, 7) is 2.72. The minimum Gasteiger partial charge on any atom is -0.508 e. The molecule has 0 saturated carbocycles. The summed E-state index contributed by atoms with van der Waals surface area (Å²) in [5.41, 5.74) is 3.04. The van der Waals surface area contributed by atoms with Crippen LogP contribution in [0.1, 0.15) is 18.4 Å². The Morgan fingerprint density at radius 3 is 2.57 bits per heavy atom. The van der Waals surface area contributed by atoms with Gasteiger partial charge in [0.1, 0.15) is 5.75 Å². The molecule has 0 unspecified atom stereocenters. The number of aromatic hydroxyl groups is 1. The maximum absolute atomic E-state index is 9.92. The van der Waals surface area contributed by atoms with Crippen LogP contribution in [0.15, 0.2) is 42.5 Å². The smallest absolute Gasteiger partial charge is 0.122 e. The van der Waals surface area contributed by atoms with Crippen LogP contribution in [0.5, 0.6) is 5.75 Å². The van der Waals surface area contributed by atoms with Crippen LogP contribution in [0, 0.1) is 0 Å². The van der Waals surface area contributed by atoms with E-state index in [1.54, 1.807) is 18.2 Å². The molecule has 0 bridgehead atoms. The minimum atomic E-state index is 0.230. The number of anilines is 2. The van der Waals surface area contributed by atoms with Crippen molar-refractivity contribution in [2.24, 2.45) is 0 Å². The molecule has 4 heteroatoms. The Kier molecular flexibility index (Phi) is 4.20. The van der Waals surface area contributed by atoms with E-state index >= 15 is 0 Å². The molecule has 3 rings (SSSR count). The molecule has 1 heterocycles. The molecule has 1 aliphatic heterocycles. The fourth-order valence-corrected chi connectivity index (χ4v) is 3.00. The number of rotatable bonds is 4. The average molecular weight is 303 g/mol. The van der Waals surface area contributed by atoms with Gasteiger partial charge in [0.15, 0.2) is 0 Å². The van der Waals surface area contributed by atoms with Crippen molar-refractivity contribution >= 4 is 23.0 Å². The Hall–Kier alpha value is -1.87. The van der Waals surface area contributed by atoms with E-state index < -0.39 is 0 Å². The summed E-state index contributed by atoms with van der Waals surface area (Å²) in [4.78, 5) is 2.40. The molecule has 1 aliphatic rings. The van der Waals surface area contributed by atoms with Gasteiger partial charge in [-0.2, -0.15) is 0 Å². The Bertz CT molecular complexity index is 604. The van der Waals surface area contributed by atoms with Crippen LogP contribution in [-0.2, 0) is 6.54 Å². The molecule has 0 amide bonds. The fraction of sp³-hybridized carbons (Fsp3) is 0.294. The molecular formula is C17H19ClN2O. The SMILES string of the molecule is Oc1cccc(Cl)c1CNc1ccccc1N1CCCC1. The summed E-state index contributed by atoms with van der Waals surface area (Å²) in [6, 6.07) is 13.5. The standard InChI is InChI=1S/C17H19ClN2O/c18-14-6-5-9-17(21)13(14)12-19-15-7-1-2-8-16(15)20-10-3-4-11-20/h1-2,5-9,19,21H,3-4,10-12H2. The van der Waals surface area contributed by atoms with E-state index in [4.69, 9.17) is 11.6 Å². The molecule has 21 heavy (non-hydrogen) atoms. The number of nitrogens with zero attached hydrogens (tertiary/aromatic N) is 1. The lowest BCUT2D eigenvalue weighted by atomic mass is 10.2. The topological polar surface area (TPSA) is 35.5 Å². The zero-order chi connectivity index (χ0) is 14.7. The highest BCUT2D eigenvalue weighted by Crippen LogP contribution is 2.31. The van der Waals surface area contributed by atoms with Crippen LogP contribution >= 0.6 is 11.6 Å². The van der Waals surface area contributed by atoms with Crippen LogP contribution in [0.3, 0.4) is 0 Å². The van der Waals surface area contributed by atoms with Gasteiger partial charge in [-0.3, -0.25) is 0 Å². The Labute approximate surface area is 130 Å². The summed E-state index contributed by atoms with van der Waals surface area (Å²) in [5, 5.41) is 13.9. The molecule has 2 aromatic carbocycles. The lowest BCUT2D eigenvalue weighted by Crippen LogP contribution is -2.19. The first-order valence-electron chi connectivity index (χ1n) is 7.30. The number of benzene rings is 2. The molecule has 0 radical (unpaired) electrons. The van der Waals surface area contributed by atoms with Gasteiger partial charge < -0.3 is 15.3 Å². The molecule has 2 N–H and O–H groups in total. The fourth-order valence-electron chi connectivity index (χ4n) is 2.76. The number of hydrogen-bond acceptors (Lipinski definition) is 3. The second-order valence-corrected chi connectivity index (χ2v) is 5.71. The second-order valence-electron chi connectivity index (χ2n) is 5.30. The monoisotopic (exact) mass is 302 g/mol. The number of phenols is 1. The zero-order valence-corrected chi connectivity index (χ0v) is 12.6. The van der Waals surface area contributed by atoms with Crippen LogP contribution in [0.2, 0.25) is 5.02 Å². The number of para-hydroxylation sites is 2. The van der Waals surface area contributed by atoms with Crippen LogP contribution < -0.4 is 10.2 Å². The molecule has 0 atom stereocenters. The van der Waals surface area contributed by atoms with Crippen LogP contribution in [0.25, 0.3) is 0 Å². The summed E-state index contributed by atoms with van der Waals surface area (Å²) in [7, 11) is 0. The van der Waals surface area contributed by atoms with E-state index in [1.807, 2.05) is 6.07 Å². The van der Waals surface area contributed by atoms with Gasteiger partial charge in [-0.25, -0.2) is 0 Å². The van der Waals surface area contributed by atoms with E-state index in [1.165, 1.54) is 18.5 Å². The Balaban J connectivity index is 1.79. The molecule has 3 nitrogen and oxygen atoms in total. The Morgan fingerprint density at radius 1 is 1.05 bits per heavy atom. The van der Waals surface area contributed by atoms with Crippen molar-refractivity contribution in [3.63, 3.8) is 0 Å². The first kappa shape index (κ1) is 14.1. The second kappa shape index (κ2) is 6.27. The van der Waals surface area contributed by atoms with E-state index in [0.29, 0.717) is 11.6 Å². The normalized spacial score (nSPS) is 14.4. The lowest BCUT2D eigenvalue weighted by Gasteiger charge is -2.22. The number of phenolic OH excluding ortho intramolecular Hbond substituents is 1. The summed E-state index contributed by atoms with van der Waals surface area (Å²) >= 11 is 6.15. The van der Waals surface area contributed by atoms with Crippen molar-refractivity contribution in [2.75, 3.05) is 23.3 Å². The largest absolute Gasteiger partial charge is 0.508 e. The highest BCUT2D eigenvalue weighted by molar-refractivity contribution is 6.31. The zero-order valence-electron chi connectivity index (χ0n) is 11.8. The number of nitrogens with one attached hydrogen (secondary N) is 1. The van der Waals surface area contributed by atoms with Crippen molar-refractivity contribution in [3.05, 3.63) is 53.1 Å². The summed E-state index contributed by atoms with van der Waals surface area (Å²) in [6.07, 6.45) is 2.50. The van der Waals surface area contributed by atoms with Crippen LogP contribution in [-0.4, -0.2) is 18.2 Å². The summed E-state index contributed by atoms with van der Waals surface area (Å²) < 4.78 is 0. The molecule has 0 aromatic heterocycles. The van der Waals surface area contributed by atoms with Crippen molar-refractivity contribution in [1.82, 2.24) is 0 Å². The van der Waals surface area contributed by atoms with E-state index in [9.17, 15) is 5.11 Å². The maximum atomic E-state index is 9.92. The molecule has 0 aliphatic carbocycles. The van der Waals surface area contributed by atoms with Gasteiger partial charge in [0.05, 0.1) is 11.4 Å². The van der Waals surface area contributed by atoms with Gasteiger partial charge in [-0.1, -0.05) is 29.8 Å². The van der Waals surface area contributed by atoms with E-state index in [-0.39, 0.29) is 5.75 Å². The third-order valence-electron chi connectivity index (χ3n) is 3.90. The highest BCUT2D eigenvalue weighted by Gasteiger charge is 2.15. The Morgan fingerprint density at radius 2 is 1.81 bits per heavy atom. The lowest BCUT2D eigenvalue weighted by molar-refractivity contribution is 0.469. The number of hydrogen-bond donors (Lipinski definition) is 2. The van der Waals surface area contributed by atoms with Gasteiger partial charge in [-0.05, 0) is 37.1 Å². The first-order chi connectivity index (χ1) is 10.3. The van der Waals surface area contributed by atoms with Crippen LogP contribution in [0.4, 0.5) is 11.4 Å². The van der Waals surface area contributed by atoms with E-state index in [0.717, 1.165) is 24.3 Å². The average Bonchev–Trinajstić information content (AvgIpc) is 3.01. The molecule has 2 aromatic rings. The third kappa shape index (κ3) is 3.08. The first-order valence-corrected chi connectivity index (χ1v) is 7.68. The predicted octanol–water partition coefficient (Wildman–Crippen LogP) is 4.26. The van der Waals surface area contributed by atoms with Gasteiger partial charge in [0, 0.05) is 30.2 Å². The molecule has 110 valence electrons. The van der Waals surface area contributed by atoms with Gasteiger partial charge in [0.25, 0.3) is 0 Å². The third-order valence-corrected chi connectivity index (χ3v) is 4.25. The molecular weight excluding hydrogens is 284 g/mol. The van der Waals surface area contributed by atoms with E-state index in [2.05, 4.69) is 28.4 Å². The maximum Gasteiger partial charge on any atom is 0.122 e. The van der Waals surface area contributed by atoms with Gasteiger partial charge in [0.2, 0.25) is 0 Å². The molecule has 0 spiro atoms. The van der Waals surface area contributed by atoms with Crippen molar-refractivity contribution in [1.29, 1.82) is 0 Å². The molecule has 1 saturated heterocycles. The molecule has 1 fully saturated rings. The van der Waals surface area contributed by atoms with Gasteiger partial charge >= 0.3 is 0 Å². The highest BCUT2D eigenvalue weighted by atomic mass is 35.5. The summed E-state index contributed by atoms with van der Waals surface area (Å²) in [5.74, 6) is 0.230. The quantitative estimate of drug-likeness (QED) is 0.886. The minimum absolute atomic E-state index is 0.230. The van der Waals surface area contributed by atoms with Crippen molar-refractivity contribution < 1.29 is 5.11 Å². The van der Waals surface area contributed by atoms with Crippen molar-refractivity contribution in [3.8, 4) is 5.75 Å². The predicted molar refractivity (Wildman–Crippen MR) is 88.3 cm³/mol. The van der Waals surface area contributed by atoms with Crippen molar-refractivity contribution in [2.45, 2.75) is 19.4 Å². The number of halogens is 1. The van der Waals surface area contributed by atoms with Gasteiger partial charge in [-0.15, -0.1) is 0 Å².